The van der Waals surface area contributed by atoms with Crippen molar-refractivity contribution in [1.29, 1.82) is 0 Å². The van der Waals surface area contributed by atoms with Gasteiger partial charge in [0.2, 0.25) is 0 Å². The fourth-order valence-corrected chi connectivity index (χ4v) is 4.19. The highest BCUT2D eigenvalue weighted by Gasteiger charge is 2.32. The van der Waals surface area contributed by atoms with Crippen LogP contribution < -0.4 is 0 Å². The Morgan fingerprint density at radius 1 is 0.812 bits per heavy atom. The van der Waals surface area contributed by atoms with Gasteiger partial charge in [-0.3, -0.25) is 9.69 Å². The van der Waals surface area contributed by atoms with Gasteiger partial charge in [-0.05, 0) is 36.2 Å². The number of amides is 1. The molecule has 32 heavy (non-hydrogen) atoms. The molecule has 1 aliphatic rings. The van der Waals surface area contributed by atoms with Crippen LogP contribution in [-0.2, 0) is 6.18 Å². The average Bonchev–Trinajstić information content (AvgIpc) is 2.81. The van der Waals surface area contributed by atoms with Crippen LogP contribution in [0.5, 0.6) is 0 Å². The molecule has 0 unspecified atom stereocenters. The van der Waals surface area contributed by atoms with E-state index in [0.717, 1.165) is 12.1 Å². The molecule has 3 aromatic rings. The summed E-state index contributed by atoms with van der Waals surface area (Å²) in [5.41, 5.74) is 2.82. The second-order valence-corrected chi connectivity index (χ2v) is 8.13. The Labute approximate surface area is 186 Å². The average molecular weight is 438 g/mol. The van der Waals surface area contributed by atoms with Crippen molar-refractivity contribution in [3.63, 3.8) is 0 Å². The monoisotopic (exact) mass is 438 g/mol. The fraction of sp³-hybridized carbons (Fsp3) is 0.269. The molecule has 1 aliphatic heterocycles. The normalized spacial score (nSPS) is 16.1. The Morgan fingerprint density at radius 2 is 1.44 bits per heavy atom. The third-order valence-corrected chi connectivity index (χ3v) is 5.91. The van der Waals surface area contributed by atoms with Gasteiger partial charge < -0.3 is 4.90 Å². The van der Waals surface area contributed by atoms with Crippen molar-refractivity contribution in [1.82, 2.24) is 9.80 Å². The summed E-state index contributed by atoms with van der Waals surface area (Å²) in [6, 6.07) is 23.4. The van der Waals surface area contributed by atoms with Gasteiger partial charge in [0.15, 0.2) is 0 Å². The highest BCUT2D eigenvalue weighted by molar-refractivity contribution is 5.94. The number of carbonyl (C=O) groups excluding carboxylic acids is 1. The summed E-state index contributed by atoms with van der Waals surface area (Å²) in [4.78, 5) is 16.8. The molecule has 0 bridgehead atoms. The maximum absolute atomic E-state index is 13.0. The molecule has 3 aromatic carbocycles. The zero-order valence-corrected chi connectivity index (χ0v) is 17.8. The SMILES string of the molecule is Cc1ccc([C@H](c2ccccc2)N2CCN(C(=O)c3cccc(C(F)(F)F)c3)CC2)cc1. The first-order chi connectivity index (χ1) is 15.3. The number of rotatable bonds is 4. The Hall–Kier alpha value is -3.12. The Bertz CT molecular complexity index is 1060. The molecule has 0 saturated carbocycles. The number of alkyl halides is 3. The molecule has 0 aromatic heterocycles. The van der Waals surface area contributed by atoms with E-state index in [-0.39, 0.29) is 17.5 Å². The summed E-state index contributed by atoms with van der Waals surface area (Å²) in [5.74, 6) is -0.359. The van der Waals surface area contributed by atoms with E-state index >= 15 is 0 Å². The van der Waals surface area contributed by atoms with Crippen molar-refractivity contribution in [3.05, 3.63) is 107 Å². The highest BCUT2D eigenvalue weighted by Crippen LogP contribution is 2.31. The largest absolute Gasteiger partial charge is 0.416 e. The van der Waals surface area contributed by atoms with Gasteiger partial charge in [0.1, 0.15) is 0 Å². The summed E-state index contributed by atoms with van der Waals surface area (Å²) in [7, 11) is 0. The molecule has 3 nitrogen and oxygen atoms in total. The van der Waals surface area contributed by atoms with Crippen LogP contribution in [0.2, 0.25) is 0 Å². The van der Waals surface area contributed by atoms with Crippen molar-refractivity contribution in [2.45, 2.75) is 19.1 Å². The molecule has 1 fully saturated rings. The predicted octanol–water partition coefficient (Wildman–Crippen LogP) is 5.56. The van der Waals surface area contributed by atoms with Crippen LogP contribution in [0, 0.1) is 6.92 Å². The molecule has 1 atom stereocenters. The Kier molecular flexibility index (Phi) is 6.33. The third-order valence-electron chi connectivity index (χ3n) is 5.91. The van der Waals surface area contributed by atoms with Crippen molar-refractivity contribution >= 4 is 5.91 Å². The maximum Gasteiger partial charge on any atom is 0.416 e. The summed E-state index contributed by atoms with van der Waals surface area (Å²) in [6.07, 6.45) is -4.47. The summed E-state index contributed by atoms with van der Waals surface area (Å²) in [5, 5.41) is 0. The molecule has 166 valence electrons. The van der Waals surface area contributed by atoms with Crippen LogP contribution in [-0.4, -0.2) is 41.9 Å². The minimum atomic E-state index is -4.47. The van der Waals surface area contributed by atoms with Gasteiger partial charge in [-0.1, -0.05) is 66.2 Å². The van der Waals surface area contributed by atoms with E-state index in [4.69, 9.17) is 0 Å². The van der Waals surface area contributed by atoms with Crippen molar-refractivity contribution in [2.75, 3.05) is 26.2 Å². The molecule has 1 amide bonds. The second-order valence-electron chi connectivity index (χ2n) is 8.13. The first kappa shape index (κ1) is 22.1. The third kappa shape index (κ3) is 4.86. The number of nitrogens with zero attached hydrogens (tertiary/aromatic N) is 2. The minimum absolute atomic E-state index is 0.0580. The molecular formula is C26H25F3N2O. The first-order valence-electron chi connectivity index (χ1n) is 10.6. The Morgan fingerprint density at radius 3 is 2.06 bits per heavy atom. The number of piperazine rings is 1. The van der Waals surface area contributed by atoms with E-state index in [2.05, 4.69) is 48.2 Å². The molecule has 0 radical (unpaired) electrons. The van der Waals surface area contributed by atoms with Crippen LogP contribution in [0.3, 0.4) is 0 Å². The molecule has 0 spiro atoms. The van der Waals surface area contributed by atoms with Crippen molar-refractivity contribution < 1.29 is 18.0 Å². The topological polar surface area (TPSA) is 23.6 Å². The highest BCUT2D eigenvalue weighted by atomic mass is 19.4. The number of carbonyl (C=O) groups is 1. The maximum atomic E-state index is 13.0. The van der Waals surface area contributed by atoms with Crippen LogP contribution in [0.15, 0.2) is 78.9 Å². The van der Waals surface area contributed by atoms with E-state index in [1.54, 1.807) is 4.90 Å². The number of hydrogen-bond acceptors (Lipinski definition) is 2. The lowest BCUT2D eigenvalue weighted by Crippen LogP contribution is -2.49. The van der Waals surface area contributed by atoms with Gasteiger partial charge in [-0.25, -0.2) is 0 Å². The standard InChI is InChI=1S/C26H25F3N2O/c1-19-10-12-21(13-11-19)24(20-6-3-2-4-7-20)30-14-16-31(17-15-30)25(32)22-8-5-9-23(18-22)26(27,28)29/h2-13,18,24H,14-17H2,1H3/t24-/m0/s1. The number of halogens is 3. The number of hydrogen-bond donors (Lipinski definition) is 0. The van der Waals surface area contributed by atoms with Crippen LogP contribution in [0.1, 0.15) is 38.7 Å². The predicted molar refractivity (Wildman–Crippen MR) is 118 cm³/mol. The first-order valence-corrected chi connectivity index (χ1v) is 10.6. The number of benzene rings is 3. The zero-order chi connectivity index (χ0) is 22.7. The van der Waals surface area contributed by atoms with Gasteiger partial charge in [-0.2, -0.15) is 13.2 Å². The molecule has 6 heteroatoms. The van der Waals surface area contributed by atoms with Gasteiger partial charge in [0, 0.05) is 31.7 Å². The van der Waals surface area contributed by atoms with Gasteiger partial charge >= 0.3 is 6.18 Å². The molecule has 0 N–H and O–H groups in total. The van der Waals surface area contributed by atoms with Gasteiger partial charge in [0.05, 0.1) is 11.6 Å². The van der Waals surface area contributed by atoms with E-state index in [1.165, 1.54) is 28.8 Å². The van der Waals surface area contributed by atoms with Crippen LogP contribution in [0.25, 0.3) is 0 Å². The van der Waals surface area contributed by atoms with E-state index in [9.17, 15) is 18.0 Å². The minimum Gasteiger partial charge on any atom is -0.336 e. The van der Waals surface area contributed by atoms with E-state index in [1.807, 2.05) is 18.2 Å². The molecular weight excluding hydrogens is 413 g/mol. The molecule has 4 rings (SSSR count). The van der Waals surface area contributed by atoms with Gasteiger partial charge in [0.25, 0.3) is 5.91 Å². The Balaban J connectivity index is 1.51. The van der Waals surface area contributed by atoms with Crippen LogP contribution >= 0.6 is 0 Å². The van der Waals surface area contributed by atoms with Crippen molar-refractivity contribution in [2.24, 2.45) is 0 Å². The van der Waals surface area contributed by atoms with E-state index < -0.39 is 11.7 Å². The lowest BCUT2D eigenvalue weighted by atomic mass is 9.95. The fourth-order valence-electron chi connectivity index (χ4n) is 4.19. The summed E-state index contributed by atoms with van der Waals surface area (Å²) < 4.78 is 39.1. The molecule has 1 saturated heterocycles. The number of aryl methyl sites for hydroxylation is 1. The lowest BCUT2D eigenvalue weighted by Gasteiger charge is -2.40. The van der Waals surface area contributed by atoms with Crippen molar-refractivity contribution in [3.8, 4) is 0 Å². The van der Waals surface area contributed by atoms with Gasteiger partial charge in [-0.15, -0.1) is 0 Å². The molecule has 0 aliphatic carbocycles. The smallest absolute Gasteiger partial charge is 0.336 e. The lowest BCUT2D eigenvalue weighted by molar-refractivity contribution is -0.137. The quantitative estimate of drug-likeness (QED) is 0.532. The summed E-state index contributed by atoms with van der Waals surface area (Å²) in [6.45, 7) is 4.25. The zero-order valence-electron chi connectivity index (χ0n) is 17.8. The molecule has 1 heterocycles. The van der Waals surface area contributed by atoms with E-state index in [0.29, 0.717) is 26.2 Å². The van der Waals surface area contributed by atoms with Crippen LogP contribution in [0.4, 0.5) is 13.2 Å². The summed E-state index contributed by atoms with van der Waals surface area (Å²) >= 11 is 0. The second kappa shape index (κ2) is 9.17.